The largest absolute Gasteiger partial charge is 0.496 e. The van der Waals surface area contributed by atoms with Gasteiger partial charge in [0.2, 0.25) is 0 Å². The zero-order valence-corrected chi connectivity index (χ0v) is 14.2. The highest BCUT2D eigenvalue weighted by molar-refractivity contribution is 9.10. The molecule has 1 aromatic carbocycles. The van der Waals surface area contributed by atoms with Crippen molar-refractivity contribution in [1.82, 2.24) is 9.97 Å². The van der Waals surface area contributed by atoms with Crippen LogP contribution < -0.4 is 10.1 Å². The van der Waals surface area contributed by atoms with Crippen molar-refractivity contribution in [2.75, 3.05) is 18.7 Å². The summed E-state index contributed by atoms with van der Waals surface area (Å²) in [5.41, 5.74) is 3.21. The lowest BCUT2D eigenvalue weighted by molar-refractivity contribution is 0.412. The molecule has 1 heterocycles. The van der Waals surface area contributed by atoms with Crippen LogP contribution in [0.25, 0.3) is 0 Å². The van der Waals surface area contributed by atoms with Crippen molar-refractivity contribution in [3.63, 3.8) is 0 Å². The van der Waals surface area contributed by atoms with E-state index in [0.29, 0.717) is 0 Å². The van der Waals surface area contributed by atoms with E-state index in [2.05, 4.69) is 38.1 Å². The molecular formula is C14H16BrN3OS. The van der Waals surface area contributed by atoms with Gasteiger partial charge in [0, 0.05) is 17.4 Å². The molecule has 0 radical (unpaired) electrons. The number of halogens is 1. The number of benzene rings is 1. The normalized spacial score (nSPS) is 10.4. The number of methoxy groups -OCH3 is 1. The second kappa shape index (κ2) is 6.45. The Bertz CT molecular complexity index is 634. The van der Waals surface area contributed by atoms with Gasteiger partial charge in [-0.15, -0.1) is 0 Å². The molecule has 20 heavy (non-hydrogen) atoms. The molecule has 0 aliphatic rings. The minimum Gasteiger partial charge on any atom is -0.496 e. The number of aromatic nitrogens is 2. The highest BCUT2D eigenvalue weighted by Gasteiger charge is 2.11. The lowest BCUT2D eigenvalue weighted by atomic mass is 10.1. The molecular weight excluding hydrogens is 338 g/mol. The van der Waals surface area contributed by atoms with E-state index >= 15 is 0 Å². The van der Waals surface area contributed by atoms with E-state index in [1.165, 1.54) is 11.8 Å². The molecule has 0 atom stereocenters. The van der Waals surface area contributed by atoms with Crippen molar-refractivity contribution < 1.29 is 4.74 Å². The van der Waals surface area contributed by atoms with Gasteiger partial charge in [0.05, 0.1) is 11.6 Å². The second-order valence-electron chi connectivity index (χ2n) is 4.26. The lowest BCUT2D eigenvalue weighted by Crippen LogP contribution is -2.02. The van der Waals surface area contributed by atoms with Crippen molar-refractivity contribution >= 4 is 39.2 Å². The van der Waals surface area contributed by atoms with E-state index in [9.17, 15) is 0 Å². The fraction of sp³-hybridized carbons (Fsp3) is 0.286. The number of anilines is 2. The van der Waals surface area contributed by atoms with E-state index in [0.717, 1.165) is 38.0 Å². The maximum Gasteiger partial charge on any atom is 0.189 e. The Morgan fingerprint density at radius 2 is 2.05 bits per heavy atom. The number of hydrogen-bond acceptors (Lipinski definition) is 5. The summed E-state index contributed by atoms with van der Waals surface area (Å²) in [7, 11) is 1.67. The first-order valence-electron chi connectivity index (χ1n) is 6.04. The summed E-state index contributed by atoms with van der Waals surface area (Å²) in [4.78, 5) is 8.69. The van der Waals surface area contributed by atoms with Crippen LogP contribution in [0.2, 0.25) is 0 Å². The second-order valence-corrected chi connectivity index (χ2v) is 5.89. The molecule has 0 amide bonds. The van der Waals surface area contributed by atoms with E-state index in [1.807, 2.05) is 25.3 Å². The van der Waals surface area contributed by atoms with Gasteiger partial charge in [0.15, 0.2) is 5.16 Å². The van der Waals surface area contributed by atoms with E-state index in [1.54, 1.807) is 13.3 Å². The van der Waals surface area contributed by atoms with Crippen LogP contribution in [0.5, 0.6) is 5.75 Å². The lowest BCUT2D eigenvalue weighted by Gasteiger charge is -2.16. The molecule has 0 saturated heterocycles. The van der Waals surface area contributed by atoms with Crippen molar-refractivity contribution in [2.45, 2.75) is 19.0 Å². The third-order valence-electron chi connectivity index (χ3n) is 2.99. The molecule has 0 aliphatic heterocycles. The molecule has 1 aromatic heterocycles. The number of nitrogens with one attached hydrogen (secondary N) is 1. The van der Waals surface area contributed by atoms with Gasteiger partial charge in [0.25, 0.3) is 0 Å². The summed E-state index contributed by atoms with van der Waals surface area (Å²) in [6.45, 7) is 4.08. The van der Waals surface area contributed by atoms with Crippen molar-refractivity contribution in [1.29, 1.82) is 0 Å². The summed E-state index contributed by atoms with van der Waals surface area (Å²) in [5.74, 6) is 1.61. The Hall–Kier alpha value is -1.27. The predicted molar refractivity (Wildman–Crippen MR) is 87.3 cm³/mol. The Balaban J connectivity index is 2.44. The van der Waals surface area contributed by atoms with Crippen LogP contribution in [-0.2, 0) is 0 Å². The standard InChI is InChI=1S/C14H16BrN3OS/c1-8-5-6-11(19-3)9(2)12(8)17-13-10(15)7-16-14(18-13)20-4/h5-7H,1-4H3,(H,16,17,18). The highest BCUT2D eigenvalue weighted by Crippen LogP contribution is 2.33. The fourth-order valence-corrected chi connectivity index (χ4v) is 2.53. The molecule has 0 aliphatic carbocycles. The number of aryl methyl sites for hydroxylation is 1. The van der Waals surface area contributed by atoms with Gasteiger partial charge < -0.3 is 10.1 Å². The van der Waals surface area contributed by atoms with Crippen LogP contribution >= 0.6 is 27.7 Å². The number of ether oxygens (including phenoxy) is 1. The number of hydrogen-bond donors (Lipinski definition) is 1. The molecule has 0 bridgehead atoms. The summed E-state index contributed by atoms with van der Waals surface area (Å²) < 4.78 is 6.20. The van der Waals surface area contributed by atoms with Gasteiger partial charge in [-0.05, 0) is 47.7 Å². The minimum atomic E-state index is 0.730. The monoisotopic (exact) mass is 353 g/mol. The van der Waals surface area contributed by atoms with Crippen LogP contribution in [0.4, 0.5) is 11.5 Å². The third-order valence-corrected chi connectivity index (χ3v) is 4.13. The van der Waals surface area contributed by atoms with Crippen molar-refractivity contribution in [2.24, 2.45) is 0 Å². The average molecular weight is 354 g/mol. The number of rotatable bonds is 4. The van der Waals surface area contributed by atoms with Gasteiger partial charge in [-0.25, -0.2) is 9.97 Å². The average Bonchev–Trinajstić information content (AvgIpc) is 2.45. The number of thioether (sulfide) groups is 1. The highest BCUT2D eigenvalue weighted by atomic mass is 79.9. The molecule has 0 saturated carbocycles. The molecule has 0 unspecified atom stereocenters. The van der Waals surface area contributed by atoms with Crippen molar-refractivity contribution in [3.05, 3.63) is 33.9 Å². The molecule has 106 valence electrons. The molecule has 2 aromatic rings. The van der Waals surface area contributed by atoms with Crippen LogP contribution in [0.3, 0.4) is 0 Å². The predicted octanol–water partition coefficient (Wildman–Crippen LogP) is 4.33. The summed E-state index contributed by atoms with van der Waals surface area (Å²) in [5, 5.41) is 4.10. The van der Waals surface area contributed by atoms with Crippen LogP contribution in [0.1, 0.15) is 11.1 Å². The van der Waals surface area contributed by atoms with Crippen LogP contribution in [0.15, 0.2) is 28.0 Å². The summed E-state index contributed by atoms with van der Waals surface area (Å²) in [6.07, 6.45) is 3.71. The van der Waals surface area contributed by atoms with Crippen LogP contribution in [-0.4, -0.2) is 23.3 Å². The SMILES string of the molecule is COc1ccc(C)c(Nc2nc(SC)ncc2Br)c1C. The first-order chi connectivity index (χ1) is 9.56. The number of nitrogens with zero attached hydrogens (tertiary/aromatic N) is 2. The molecule has 4 nitrogen and oxygen atoms in total. The molecule has 2 rings (SSSR count). The maximum absolute atomic E-state index is 5.36. The van der Waals surface area contributed by atoms with Gasteiger partial charge in [-0.1, -0.05) is 17.8 Å². The first-order valence-corrected chi connectivity index (χ1v) is 8.06. The molecule has 6 heteroatoms. The Labute approximate surface area is 131 Å². The summed E-state index contributed by atoms with van der Waals surface area (Å²) in [6, 6.07) is 4.00. The molecule has 1 N–H and O–H groups in total. The Kier molecular flexibility index (Phi) is 4.88. The maximum atomic E-state index is 5.36. The topological polar surface area (TPSA) is 47.0 Å². The Morgan fingerprint density at radius 3 is 2.70 bits per heavy atom. The van der Waals surface area contributed by atoms with Crippen molar-refractivity contribution in [3.8, 4) is 5.75 Å². The third kappa shape index (κ3) is 3.07. The van der Waals surface area contributed by atoms with E-state index in [-0.39, 0.29) is 0 Å². The molecule has 0 spiro atoms. The quantitative estimate of drug-likeness (QED) is 0.654. The van der Waals surface area contributed by atoms with Crippen LogP contribution in [0, 0.1) is 13.8 Å². The van der Waals surface area contributed by atoms with Gasteiger partial charge in [0.1, 0.15) is 11.6 Å². The molecule has 0 fully saturated rings. The Morgan fingerprint density at radius 1 is 1.30 bits per heavy atom. The minimum absolute atomic E-state index is 0.730. The fourth-order valence-electron chi connectivity index (χ4n) is 1.90. The van der Waals surface area contributed by atoms with Gasteiger partial charge in [-0.3, -0.25) is 0 Å². The van der Waals surface area contributed by atoms with Gasteiger partial charge in [-0.2, -0.15) is 0 Å². The zero-order valence-electron chi connectivity index (χ0n) is 11.8. The zero-order chi connectivity index (χ0) is 14.7. The van der Waals surface area contributed by atoms with Gasteiger partial charge >= 0.3 is 0 Å². The first kappa shape index (κ1) is 15.1. The van der Waals surface area contributed by atoms with E-state index in [4.69, 9.17) is 4.74 Å². The van der Waals surface area contributed by atoms with E-state index < -0.39 is 0 Å². The summed E-state index contributed by atoms with van der Waals surface area (Å²) >= 11 is 4.98. The smallest absolute Gasteiger partial charge is 0.189 e.